The van der Waals surface area contributed by atoms with E-state index in [-0.39, 0.29) is 12.5 Å². The number of hydrogen-bond donors (Lipinski definition) is 1. The van der Waals surface area contributed by atoms with E-state index in [1.54, 1.807) is 18.0 Å². The largest absolute Gasteiger partial charge is 0.477 e. The van der Waals surface area contributed by atoms with Gasteiger partial charge in [-0.2, -0.15) is 0 Å². The number of amides is 1. The molecular weight excluding hydrogens is 228 g/mol. The highest BCUT2D eigenvalue weighted by Crippen LogP contribution is 2.37. The molecule has 1 aromatic rings. The second kappa shape index (κ2) is 3.96. The Morgan fingerprint density at radius 2 is 2.25 bits per heavy atom. The number of nitrogens with zero attached hydrogens (tertiary/aromatic N) is 1. The van der Waals surface area contributed by atoms with Crippen molar-refractivity contribution in [3.8, 4) is 5.75 Å². The molecule has 16 heavy (non-hydrogen) atoms. The van der Waals surface area contributed by atoms with Crippen LogP contribution in [0.1, 0.15) is 5.56 Å². The molecule has 86 valence electrons. The van der Waals surface area contributed by atoms with Gasteiger partial charge in [0.25, 0.3) is 5.91 Å². The lowest BCUT2D eigenvalue weighted by atomic mass is 10.1. The van der Waals surface area contributed by atoms with Gasteiger partial charge in [-0.15, -0.1) is 0 Å². The maximum absolute atomic E-state index is 11.8. The van der Waals surface area contributed by atoms with Crippen molar-refractivity contribution in [3.05, 3.63) is 22.7 Å². The van der Waals surface area contributed by atoms with Gasteiger partial charge in [-0.05, 0) is 18.6 Å². The predicted molar refractivity (Wildman–Crippen MR) is 63.1 cm³/mol. The second-order valence-corrected chi connectivity index (χ2v) is 4.22. The summed E-state index contributed by atoms with van der Waals surface area (Å²) in [5.74, 6) is 0.477. The Bertz CT molecular complexity index is 448. The maximum Gasteiger partial charge on any atom is 0.269 e. The maximum atomic E-state index is 11.8. The molecule has 1 aliphatic rings. The van der Waals surface area contributed by atoms with Crippen LogP contribution in [0.4, 0.5) is 5.69 Å². The van der Waals surface area contributed by atoms with Crippen LogP contribution in [0.2, 0.25) is 5.02 Å². The molecule has 0 fully saturated rings. The third kappa shape index (κ3) is 1.64. The molecule has 2 N–H and O–H groups in total. The third-order valence-corrected chi connectivity index (χ3v) is 3.10. The van der Waals surface area contributed by atoms with E-state index in [1.165, 1.54) is 0 Å². The van der Waals surface area contributed by atoms with E-state index in [1.807, 2.05) is 13.0 Å². The fourth-order valence-corrected chi connectivity index (χ4v) is 1.85. The first-order valence-electron chi connectivity index (χ1n) is 4.99. The van der Waals surface area contributed by atoms with Crippen molar-refractivity contribution in [2.75, 3.05) is 18.5 Å². The van der Waals surface area contributed by atoms with Gasteiger partial charge in [0.1, 0.15) is 5.75 Å². The van der Waals surface area contributed by atoms with E-state index in [2.05, 4.69) is 0 Å². The van der Waals surface area contributed by atoms with Crippen LogP contribution >= 0.6 is 11.6 Å². The molecule has 0 aliphatic carbocycles. The van der Waals surface area contributed by atoms with Crippen LogP contribution in [0.5, 0.6) is 5.75 Å². The minimum atomic E-state index is -0.615. The fourth-order valence-electron chi connectivity index (χ4n) is 1.69. The summed E-state index contributed by atoms with van der Waals surface area (Å²) in [5.41, 5.74) is 7.12. The summed E-state index contributed by atoms with van der Waals surface area (Å²) in [5, 5.41) is 0.622. The van der Waals surface area contributed by atoms with Gasteiger partial charge in [0.2, 0.25) is 0 Å². The van der Waals surface area contributed by atoms with Gasteiger partial charge in [-0.1, -0.05) is 11.6 Å². The van der Waals surface area contributed by atoms with E-state index in [0.717, 1.165) is 11.3 Å². The minimum Gasteiger partial charge on any atom is -0.477 e. The average molecular weight is 241 g/mol. The molecule has 0 aromatic heterocycles. The number of halogens is 1. The molecule has 1 amide bonds. The van der Waals surface area contributed by atoms with E-state index < -0.39 is 6.10 Å². The Morgan fingerprint density at radius 1 is 1.56 bits per heavy atom. The highest BCUT2D eigenvalue weighted by molar-refractivity contribution is 6.31. The topological polar surface area (TPSA) is 55.6 Å². The van der Waals surface area contributed by atoms with Crippen LogP contribution in [0.15, 0.2) is 12.1 Å². The smallest absolute Gasteiger partial charge is 0.269 e. The van der Waals surface area contributed by atoms with Crippen molar-refractivity contribution in [1.29, 1.82) is 0 Å². The van der Waals surface area contributed by atoms with Crippen LogP contribution in [0.25, 0.3) is 0 Å². The summed E-state index contributed by atoms with van der Waals surface area (Å²) in [4.78, 5) is 13.4. The van der Waals surface area contributed by atoms with Gasteiger partial charge in [-0.25, -0.2) is 0 Å². The Balaban J connectivity index is 2.50. The summed E-state index contributed by atoms with van der Waals surface area (Å²) in [7, 11) is 1.71. The number of carbonyl (C=O) groups is 1. The number of rotatable bonds is 1. The first kappa shape index (κ1) is 11.2. The first-order valence-corrected chi connectivity index (χ1v) is 5.37. The quantitative estimate of drug-likeness (QED) is 0.806. The Labute approximate surface area is 98.9 Å². The molecule has 2 rings (SSSR count). The molecular formula is C11H13ClN2O2. The molecule has 0 saturated heterocycles. The summed E-state index contributed by atoms with van der Waals surface area (Å²) < 4.78 is 5.50. The monoisotopic (exact) mass is 240 g/mol. The van der Waals surface area contributed by atoms with Crippen molar-refractivity contribution in [3.63, 3.8) is 0 Å². The zero-order valence-electron chi connectivity index (χ0n) is 9.16. The Morgan fingerprint density at radius 3 is 2.88 bits per heavy atom. The number of nitrogens with two attached hydrogens (primary N) is 1. The molecule has 0 spiro atoms. The highest BCUT2D eigenvalue weighted by atomic mass is 35.5. The van der Waals surface area contributed by atoms with Gasteiger partial charge < -0.3 is 15.4 Å². The lowest BCUT2D eigenvalue weighted by Crippen LogP contribution is -2.47. The predicted octanol–water partition coefficient (Wildman–Crippen LogP) is 1.33. The van der Waals surface area contributed by atoms with Crippen LogP contribution in [0, 0.1) is 6.92 Å². The van der Waals surface area contributed by atoms with E-state index >= 15 is 0 Å². The lowest BCUT2D eigenvalue weighted by Gasteiger charge is -2.31. The van der Waals surface area contributed by atoms with Crippen molar-refractivity contribution in [2.45, 2.75) is 13.0 Å². The standard InChI is InChI=1S/C11H13ClN2O2/c1-6-3-8-9(4-7(6)12)16-10(5-13)11(15)14(8)2/h3-4,10H,5,13H2,1-2H3. The van der Waals surface area contributed by atoms with Crippen LogP contribution in [-0.2, 0) is 4.79 Å². The Kier molecular flexibility index (Phi) is 2.78. The van der Waals surface area contributed by atoms with E-state index in [0.29, 0.717) is 10.8 Å². The molecule has 1 aliphatic heterocycles. The van der Waals surface area contributed by atoms with Crippen molar-refractivity contribution < 1.29 is 9.53 Å². The summed E-state index contributed by atoms with van der Waals surface area (Å²) in [6, 6.07) is 3.56. The average Bonchev–Trinajstić information content (AvgIpc) is 2.26. The molecule has 0 saturated carbocycles. The second-order valence-electron chi connectivity index (χ2n) is 3.81. The molecule has 1 heterocycles. The molecule has 1 atom stereocenters. The number of carbonyl (C=O) groups excluding carboxylic acids is 1. The van der Waals surface area contributed by atoms with E-state index in [9.17, 15) is 4.79 Å². The zero-order chi connectivity index (χ0) is 11.9. The van der Waals surface area contributed by atoms with Crippen molar-refractivity contribution >= 4 is 23.2 Å². The number of fused-ring (bicyclic) bond motifs is 1. The van der Waals surface area contributed by atoms with Crippen LogP contribution in [-0.4, -0.2) is 25.6 Å². The van der Waals surface area contributed by atoms with Gasteiger partial charge in [-0.3, -0.25) is 4.79 Å². The van der Waals surface area contributed by atoms with Crippen molar-refractivity contribution in [1.82, 2.24) is 0 Å². The van der Waals surface area contributed by atoms with Gasteiger partial charge in [0, 0.05) is 24.7 Å². The summed E-state index contributed by atoms with van der Waals surface area (Å²) >= 11 is 6.01. The molecule has 1 unspecified atom stereocenters. The van der Waals surface area contributed by atoms with Gasteiger partial charge >= 0.3 is 0 Å². The number of aryl methyl sites for hydroxylation is 1. The minimum absolute atomic E-state index is 0.128. The SMILES string of the molecule is Cc1cc2c(cc1Cl)OC(CN)C(=O)N2C. The molecule has 0 radical (unpaired) electrons. The number of likely N-dealkylation sites (N-methyl/N-ethyl adjacent to an activating group) is 1. The van der Waals surface area contributed by atoms with Crippen molar-refractivity contribution in [2.24, 2.45) is 5.73 Å². The zero-order valence-corrected chi connectivity index (χ0v) is 9.91. The van der Waals surface area contributed by atoms with Gasteiger partial charge in [0.15, 0.2) is 6.10 Å². The highest BCUT2D eigenvalue weighted by Gasteiger charge is 2.31. The number of ether oxygens (including phenoxy) is 1. The Hall–Kier alpha value is -1.26. The summed E-state index contributed by atoms with van der Waals surface area (Å²) in [6.07, 6.45) is -0.615. The number of anilines is 1. The third-order valence-electron chi connectivity index (χ3n) is 2.69. The fraction of sp³-hybridized carbons (Fsp3) is 0.364. The van der Waals surface area contributed by atoms with Crippen LogP contribution < -0.4 is 15.4 Å². The molecule has 4 nitrogen and oxygen atoms in total. The first-order chi connectivity index (χ1) is 7.54. The van der Waals surface area contributed by atoms with Gasteiger partial charge in [0.05, 0.1) is 5.69 Å². The summed E-state index contributed by atoms with van der Waals surface area (Å²) in [6.45, 7) is 2.05. The number of hydrogen-bond acceptors (Lipinski definition) is 3. The molecule has 5 heteroatoms. The normalized spacial score (nSPS) is 19.4. The number of benzene rings is 1. The molecule has 1 aromatic carbocycles. The lowest BCUT2D eigenvalue weighted by molar-refractivity contribution is -0.125. The van der Waals surface area contributed by atoms with E-state index in [4.69, 9.17) is 22.1 Å². The van der Waals surface area contributed by atoms with Crippen LogP contribution in [0.3, 0.4) is 0 Å². The molecule has 0 bridgehead atoms.